The predicted octanol–water partition coefficient (Wildman–Crippen LogP) is 2.82. The molecule has 2 aromatic rings. The van der Waals surface area contributed by atoms with Crippen molar-refractivity contribution >= 4 is 29.3 Å². The van der Waals surface area contributed by atoms with E-state index in [2.05, 4.69) is 10.6 Å². The molecule has 4 saturated carbocycles. The first-order valence-corrected chi connectivity index (χ1v) is 14.1. The number of carbonyl (C=O) groups excluding carboxylic acids is 4. The van der Waals surface area contributed by atoms with E-state index in [9.17, 15) is 19.2 Å². The molecule has 4 aliphatic carbocycles. The van der Waals surface area contributed by atoms with Gasteiger partial charge in [0.25, 0.3) is 5.91 Å². The van der Waals surface area contributed by atoms with Crippen LogP contribution in [-0.4, -0.2) is 57.5 Å². The van der Waals surface area contributed by atoms with Gasteiger partial charge in [-0.15, -0.1) is 0 Å². The number of hydrogen-bond donors (Lipinski definition) is 2. The molecule has 9 nitrogen and oxygen atoms in total. The lowest BCUT2D eigenvalue weighted by molar-refractivity contribution is -0.141. The Balaban J connectivity index is 1.29. The van der Waals surface area contributed by atoms with E-state index in [1.807, 2.05) is 6.92 Å². The maximum atomic E-state index is 13.5. The van der Waals surface area contributed by atoms with Gasteiger partial charge in [0.2, 0.25) is 17.7 Å². The molecule has 5 fully saturated rings. The molecular weight excluding hydrogens is 482 g/mol. The number of imide groups is 1. The van der Waals surface area contributed by atoms with Gasteiger partial charge in [-0.2, -0.15) is 0 Å². The number of rotatable bonds is 8. The molecule has 4 bridgehead atoms. The van der Waals surface area contributed by atoms with Crippen LogP contribution in [0.5, 0.6) is 0 Å². The Labute approximate surface area is 222 Å². The Bertz CT molecular complexity index is 1280. The highest BCUT2D eigenvalue weighted by Gasteiger charge is 2.55. The largest absolute Gasteiger partial charge is 0.356 e. The Kier molecular flexibility index (Phi) is 6.07. The van der Waals surface area contributed by atoms with E-state index in [1.165, 1.54) is 43.4 Å². The van der Waals surface area contributed by atoms with Gasteiger partial charge in [0.15, 0.2) is 0 Å². The predicted molar refractivity (Wildman–Crippen MR) is 140 cm³/mol. The zero-order valence-electron chi connectivity index (χ0n) is 22.3. The summed E-state index contributed by atoms with van der Waals surface area (Å²) in [6, 6.07) is 5.31. The zero-order valence-corrected chi connectivity index (χ0v) is 22.3. The van der Waals surface area contributed by atoms with Gasteiger partial charge in [-0.1, -0.05) is 6.07 Å². The number of amides is 4. The molecule has 9 heteroatoms. The molecule has 1 saturated heterocycles. The van der Waals surface area contributed by atoms with Crippen LogP contribution in [0.3, 0.4) is 0 Å². The lowest BCUT2D eigenvalue weighted by Crippen LogP contribution is -2.51. The van der Waals surface area contributed by atoms with Crippen molar-refractivity contribution in [1.82, 2.24) is 24.9 Å². The van der Waals surface area contributed by atoms with Crippen LogP contribution in [0.4, 0.5) is 0 Å². The molecule has 0 radical (unpaired) electrons. The van der Waals surface area contributed by atoms with Crippen LogP contribution in [0.15, 0.2) is 24.4 Å². The number of likely N-dealkylation sites (tertiary alicyclic amines) is 1. The van der Waals surface area contributed by atoms with Crippen LogP contribution in [0.1, 0.15) is 81.4 Å². The molecule has 4 amide bonds. The Hall–Kier alpha value is -3.23. The van der Waals surface area contributed by atoms with Crippen molar-refractivity contribution in [3.63, 3.8) is 0 Å². The first-order valence-electron chi connectivity index (χ1n) is 14.1. The second kappa shape index (κ2) is 9.20. The molecule has 5 aliphatic rings. The first kappa shape index (κ1) is 25.1. The summed E-state index contributed by atoms with van der Waals surface area (Å²) in [5.74, 6) is 1.24. The SMILES string of the molecule is CCNC(=O)CC1(c2cn3c(C(=O)NCC45CC6CC(CC(C6)C4)C5)cccc3n2)CC(=O)N(CC)C1=O. The van der Waals surface area contributed by atoms with E-state index >= 15 is 0 Å². The fraction of sp³-hybridized carbons (Fsp3) is 0.621. The molecule has 202 valence electrons. The molecule has 7 rings (SSSR count). The maximum absolute atomic E-state index is 13.5. The first-order chi connectivity index (χ1) is 18.3. The molecular formula is C29H37N5O4. The van der Waals surface area contributed by atoms with Gasteiger partial charge in [-0.25, -0.2) is 4.98 Å². The van der Waals surface area contributed by atoms with Crippen molar-refractivity contribution in [1.29, 1.82) is 0 Å². The molecule has 2 aromatic heterocycles. The molecule has 1 atom stereocenters. The number of pyridine rings is 1. The van der Waals surface area contributed by atoms with Crippen LogP contribution < -0.4 is 10.6 Å². The normalized spacial score (nSPS) is 31.8. The van der Waals surface area contributed by atoms with Gasteiger partial charge in [0.1, 0.15) is 16.8 Å². The van der Waals surface area contributed by atoms with E-state index in [0.717, 1.165) is 17.8 Å². The van der Waals surface area contributed by atoms with Crippen molar-refractivity contribution in [2.75, 3.05) is 19.6 Å². The highest BCUT2D eigenvalue weighted by molar-refractivity contribution is 6.10. The average molecular weight is 520 g/mol. The van der Waals surface area contributed by atoms with Gasteiger partial charge in [-0.05, 0) is 87.7 Å². The quantitative estimate of drug-likeness (QED) is 0.521. The molecule has 0 aromatic carbocycles. The molecule has 1 unspecified atom stereocenters. The van der Waals surface area contributed by atoms with E-state index in [4.69, 9.17) is 4.98 Å². The summed E-state index contributed by atoms with van der Waals surface area (Å²) < 4.78 is 1.69. The fourth-order valence-corrected chi connectivity index (χ4v) is 8.37. The minimum Gasteiger partial charge on any atom is -0.356 e. The van der Waals surface area contributed by atoms with Crippen molar-refractivity contribution < 1.29 is 19.2 Å². The smallest absolute Gasteiger partial charge is 0.268 e. The number of aromatic nitrogens is 2. The maximum Gasteiger partial charge on any atom is 0.268 e. The third kappa shape index (κ3) is 4.01. The summed E-state index contributed by atoms with van der Waals surface area (Å²) in [6.07, 6.45) is 9.10. The number of hydrogen-bond acceptors (Lipinski definition) is 5. The lowest BCUT2D eigenvalue weighted by Gasteiger charge is -2.56. The summed E-state index contributed by atoms with van der Waals surface area (Å²) in [7, 11) is 0. The summed E-state index contributed by atoms with van der Waals surface area (Å²) in [5, 5.41) is 5.99. The van der Waals surface area contributed by atoms with Crippen molar-refractivity contribution in [2.45, 2.75) is 70.6 Å². The minimum atomic E-state index is -1.38. The standard InChI is InChI=1S/C29H37N5O4/c1-3-30-24(35)14-29(15-25(36)33(4-2)27(29)38)22-16-34-21(6-5-7-23(34)32-22)26(37)31-17-28-11-18-8-19(12-28)10-20(9-18)13-28/h5-7,16,18-20H,3-4,8-15,17H2,1-2H3,(H,30,35)(H,31,37). The van der Waals surface area contributed by atoms with Crippen LogP contribution in [0.25, 0.3) is 5.65 Å². The van der Waals surface area contributed by atoms with Crippen LogP contribution in [-0.2, 0) is 19.8 Å². The number of carbonyl (C=O) groups is 4. The van der Waals surface area contributed by atoms with Gasteiger partial charge in [0.05, 0.1) is 5.69 Å². The summed E-state index contributed by atoms with van der Waals surface area (Å²) in [5.41, 5.74) is 0.122. The van der Waals surface area contributed by atoms with E-state index in [-0.39, 0.29) is 42.5 Å². The minimum absolute atomic E-state index is 0.117. The van der Waals surface area contributed by atoms with E-state index in [0.29, 0.717) is 30.1 Å². The summed E-state index contributed by atoms with van der Waals surface area (Å²) in [4.78, 5) is 58.3. The zero-order chi connectivity index (χ0) is 26.7. The fourth-order valence-electron chi connectivity index (χ4n) is 8.37. The second-order valence-corrected chi connectivity index (χ2v) is 12.2. The third-order valence-electron chi connectivity index (χ3n) is 9.57. The monoisotopic (exact) mass is 519 g/mol. The lowest BCUT2D eigenvalue weighted by atomic mass is 9.49. The highest BCUT2D eigenvalue weighted by Crippen LogP contribution is 2.59. The molecule has 3 heterocycles. The van der Waals surface area contributed by atoms with Crippen LogP contribution >= 0.6 is 0 Å². The van der Waals surface area contributed by atoms with Crippen molar-refractivity contribution in [3.8, 4) is 0 Å². The second-order valence-electron chi connectivity index (χ2n) is 12.2. The van der Waals surface area contributed by atoms with Gasteiger partial charge in [-0.3, -0.25) is 28.5 Å². The summed E-state index contributed by atoms with van der Waals surface area (Å²) >= 11 is 0. The third-order valence-corrected chi connectivity index (χ3v) is 9.57. The van der Waals surface area contributed by atoms with Crippen molar-refractivity contribution in [3.05, 3.63) is 35.8 Å². The Morgan fingerprint density at radius 2 is 1.71 bits per heavy atom. The summed E-state index contributed by atoms with van der Waals surface area (Å²) in [6.45, 7) is 4.90. The average Bonchev–Trinajstić information content (AvgIpc) is 3.41. The van der Waals surface area contributed by atoms with Crippen molar-refractivity contribution in [2.24, 2.45) is 23.2 Å². The van der Waals surface area contributed by atoms with Crippen LogP contribution in [0, 0.1) is 23.2 Å². The molecule has 1 aliphatic heterocycles. The number of nitrogens with one attached hydrogen (secondary N) is 2. The van der Waals surface area contributed by atoms with Gasteiger partial charge < -0.3 is 10.6 Å². The molecule has 38 heavy (non-hydrogen) atoms. The highest BCUT2D eigenvalue weighted by atomic mass is 16.2. The van der Waals surface area contributed by atoms with Gasteiger partial charge >= 0.3 is 0 Å². The van der Waals surface area contributed by atoms with E-state index < -0.39 is 11.3 Å². The topological polar surface area (TPSA) is 113 Å². The number of fused-ring (bicyclic) bond motifs is 1. The number of imidazole rings is 1. The number of nitrogens with zero attached hydrogens (tertiary/aromatic N) is 3. The Morgan fingerprint density at radius 1 is 1.03 bits per heavy atom. The van der Waals surface area contributed by atoms with Gasteiger partial charge in [0, 0.05) is 38.7 Å². The van der Waals surface area contributed by atoms with E-state index in [1.54, 1.807) is 35.7 Å². The molecule has 0 spiro atoms. The molecule has 2 N–H and O–H groups in total. The van der Waals surface area contributed by atoms with Crippen LogP contribution in [0.2, 0.25) is 0 Å². The number of likely N-dealkylation sites (N-methyl/N-ethyl adjacent to an activating group) is 1. The Morgan fingerprint density at radius 3 is 2.32 bits per heavy atom.